The first-order chi connectivity index (χ1) is 10.5. The minimum Gasteiger partial charge on any atom is -0.502 e. The molecule has 2 aromatic rings. The van der Waals surface area contributed by atoms with Crippen molar-refractivity contribution in [1.82, 2.24) is 0 Å². The van der Waals surface area contributed by atoms with Gasteiger partial charge in [0.2, 0.25) is 0 Å². The largest absolute Gasteiger partial charge is 0.502 e. The van der Waals surface area contributed by atoms with E-state index in [4.69, 9.17) is 5.11 Å². The predicted molar refractivity (Wildman–Crippen MR) is 79.4 cm³/mol. The van der Waals surface area contributed by atoms with E-state index in [1.54, 1.807) is 18.2 Å². The highest BCUT2D eigenvalue weighted by atomic mass is 16.6. The second kappa shape index (κ2) is 6.35. The minimum atomic E-state index is -1.10. The first-order valence-corrected chi connectivity index (χ1v) is 6.08. The van der Waals surface area contributed by atoms with E-state index in [0.29, 0.717) is 11.3 Å². The molecule has 0 saturated carbocycles. The van der Waals surface area contributed by atoms with Gasteiger partial charge in [-0.05, 0) is 24.3 Å². The molecule has 112 valence electrons. The number of hydrogen-bond acceptors (Lipinski definition) is 6. The van der Waals surface area contributed by atoms with E-state index in [1.165, 1.54) is 24.4 Å². The van der Waals surface area contributed by atoms with Crippen LogP contribution in [0.1, 0.15) is 15.9 Å². The van der Waals surface area contributed by atoms with Gasteiger partial charge in [-0.2, -0.15) is 5.10 Å². The second-order valence-corrected chi connectivity index (χ2v) is 4.23. The average Bonchev–Trinajstić information content (AvgIpc) is 2.49. The fraction of sp³-hybridized carbons (Fsp3) is 0. The summed E-state index contributed by atoms with van der Waals surface area (Å²) in [6.07, 6.45) is 1.28. The highest BCUT2D eigenvalue weighted by molar-refractivity contribution is 5.94. The monoisotopic (exact) mass is 301 g/mol. The molecule has 2 aromatic carbocycles. The van der Waals surface area contributed by atoms with Crippen molar-refractivity contribution in [2.75, 3.05) is 5.43 Å². The first kappa shape index (κ1) is 15.0. The van der Waals surface area contributed by atoms with E-state index >= 15 is 0 Å². The summed E-state index contributed by atoms with van der Waals surface area (Å²) in [5.74, 6) is -1.54. The number of nitro benzene ring substituents is 1. The molecule has 0 heterocycles. The van der Waals surface area contributed by atoms with Crippen molar-refractivity contribution in [3.8, 4) is 5.75 Å². The number of aromatic carboxylic acids is 1. The Hall–Kier alpha value is -3.42. The fourth-order valence-corrected chi connectivity index (χ4v) is 1.71. The van der Waals surface area contributed by atoms with Gasteiger partial charge in [-0.25, -0.2) is 4.79 Å². The number of rotatable bonds is 5. The van der Waals surface area contributed by atoms with Crippen LogP contribution in [0.4, 0.5) is 11.4 Å². The van der Waals surface area contributed by atoms with Crippen LogP contribution in [0.15, 0.2) is 47.6 Å². The van der Waals surface area contributed by atoms with Gasteiger partial charge in [0.05, 0.1) is 22.4 Å². The number of carbonyl (C=O) groups is 1. The topological polar surface area (TPSA) is 125 Å². The number of hydrogen-bond donors (Lipinski definition) is 3. The number of phenols is 1. The Kier molecular flexibility index (Phi) is 4.33. The molecule has 0 bridgehead atoms. The van der Waals surface area contributed by atoms with E-state index in [-0.39, 0.29) is 5.56 Å². The fourth-order valence-electron chi connectivity index (χ4n) is 1.71. The predicted octanol–water partition coefficient (Wildman–Crippen LogP) is 2.44. The molecule has 0 saturated heterocycles. The summed E-state index contributed by atoms with van der Waals surface area (Å²) in [6.45, 7) is 0. The number of phenolic OH excluding ortho intramolecular Hbond substituents is 1. The lowest BCUT2D eigenvalue weighted by molar-refractivity contribution is -0.385. The number of carboxylic acid groups (broad SMARTS) is 1. The molecule has 2 rings (SSSR count). The summed E-state index contributed by atoms with van der Waals surface area (Å²) in [5, 5.41) is 32.9. The Labute approximate surface area is 124 Å². The molecule has 0 aromatic heterocycles. The summed E-state index contributed by atoms with van der Waals surface area (Å²) in [4.78, 5) is 21.0. The molecule has 8 heteroatoms. The minimum absolute atomic E-state index is 0.0522. The zero-order valence-corrected chi connectivity index (χ0v) is 11.1. The van der Waals surface area contributed by atoms with Gasteiger partial charge in [0, 0.05) is 11.6 Å². The normalized spacial score (nSPS) is 10.5. The molecule has 0 spiro atoms. The molecule has 22 heavy (non-hydrogen) atoms. The molecule has 0 aliphatic heterocycles. The molecule has 3 N–H and O–H groups in total. The van der Waals surface area contributed by atoms with Crippen LogP contribution in [0.25, 0.3) is 0 Å². The van der Waals surface area contributed by atoms with Crippen molar-refractivity contribution < 1.29 is 19.9 Å². The van der Waals surface area contributed by atoms with Crippen molar-refractivity contribution in [2.24, 2.45) is 5.10 Å². The van der Waals surface area contributed by atoms with E-state index in [1.807, 2.05) is 0 Å². The van der Waals surface area contributed by atoms with Gasteiger partial charge in [0.25, 0.3) is 0 Å². The van der Waals surface area contributed by atoms with Gasteiger partial charge in [-0.3, -0.25) is 15.5 Å². The summed E-state index contributed by atoms with van der Waals surface area (Å²) in [6, 6.07) is 9.98. The summed E-state index contributed by atoms with van der Waals surface area (Å²) >= 11 is 0. The van der Waals surface area contributed by atoms with Gasteiger partial charge in [0.1, 0.15) is 0 Å². The third kappa shape index (κ3) is 3.37. The highest BCUT2D eigenvalue weighted by Crippen LogP contribution is 2.25. The molecule has 0 aliphatic rings. The zero-order chi connectivity index (χ0) is 16.1. The van der Waals surface area contributed by atoms with Crippen molar-refractivity contribution in [1.29, 1.82) is 0 Å². The van der Waals surface area contributed by atoms with Crippen molar-refractivity contribution in [2.45, 2.75) is 0 Å². The highest BCUT2D eigenvalue weighted by Gasteiger charge is 2.12. The Balaban J connectivity index is 2.19. The maximum Gasteiger partial charge on any atom is 0.337 e. The Bertz CT molecular complexity index is 758. The number of aromatic hydroxyl groups is 1. The first-order valence-electron chi connectivity index (χ1n) is 6.08. The van der Waals surface area contributed by atoms with E-state index in [9.17, 15) is 20.0 Å². The summed E-state index contributed by atoms with van der Waals surface area (Å²) in [5.41, 5.74) is 2.85. The number of anilines is 1. The van der Waals surface area contributed by atoms with Crippen LogP contribution in [-0.2, 0) is 0 Å². The smallest absolute Gasteiger partial charge is 0.337 e. The SMILES string of the molecule is O=C(O)c1ccccc1NN=Cc1ccc(O)c([N+](=O)[O-])c1. The standard InChI is InChI=1S/C14H11N3O5/c18-13-6-5-9(7-12(13)17(21)22)8-15-16-11-4-2-1-3-10(11)14(19)20/h1-8,16,18H,(H,19,20). The van der Waals surface area contributed by atoms with Gasteiger partial charge in [0.15, 0.2) is 5.75 Å². The van der Waals surface area contributed by atoms with Crippen molar-refractivity contribution >= 4 is 23.6 Å². The molecular formula is C14H11N3O5. The van der Waals surface area contributed by atoms with Gasteiger partial charge in [-0.1, -0.05) is 12.1 Å². The Morgan fingerprint density at radius 1 is 1.27 bits per heavy atom. The molecule has 8 nitrogen and oxygen atoms in total. The molecule has 0 unspecified atom stereocenters. The van der Waals surface area contributed by atoms with Crippen LogP contribution in [0, 0.1) is 10.1 Å². The maximum absolute atomic E-state index is 11.0. The lowest BCUT2D eigenvalue weighted by Crippen LogP contribution is -2.02. The number of hydrazone groups is 1. The second-order valence-electron chi connectivity index (χ2n) is 4.23. The Morgan fingerprint density at radius 2 is 2.00 bits per heavy atom. The zero-order valence-electron chi connectivity index (χ0n) is 11.1. The van der Waals surface area contributed by atoms with Crippen molar-refractivity contribution in [3.63, 3.8) is 0 Å². The third-order valence-corrected chi connectivity index (χ3v) is 2.75. The number of nitrogens with one attached hydrogen (secondary N) is 1. The summed E-state index contributed by atoms with van der Waals surface area (Å²) in [7, 11) is 0. The summed E-state index contributed by atoms with van der Waals surface area (Å²) < 4.78 is 0. The molecule has 0 amide bonds. The van der Waals surface area contributed by atoms with Gasteiger partial charge in [-0.15, -0.1) is 0 Å². The molecular weight excluding hydrogens is 290 g/mol. The van der Waals surface area contributed by atoms with Crippen LogP contribution in [0.5, 0.6) is 5.75 Å². The lowest BCUT2D eigenvalue weighted by Gasteiger charge is -2.04. The van der Waals surface area contributed by atoms with Crippen LogP contribution in [0.3, 0.4) is 0 Å². The quantitative estimate of drug-likeness (QED) is 0.442. The third-order valence-electron chi connectivity index (χ3n) is 2.75. The van der Waals surface area contributed by atoms with E-state index in [2.05, 4.69) is 10.5 Å². The molecule has 0 fully saturated rings. The molecule has 0 radical (unpaired) electrons. The number of benzene rings is 2. The van der Waals surface area contributed by atoms with Crippen LogP contribution in [-0.4, -0.2) is 27.3 Å². The van der Waals surface area contributed by atoms with Crippen LogP contribution < -0.4 is 5.43 Å². The maximum atomic E-state index is 11.0. The van der Waals surface area contributed by atoms with Crippen LogP contribution >= 0.6 is 0 Å². The van der Waals surface area contributed by atoms with Crippen LogP contribution in [0.2, 0.25) is 0 Å². The molecule has 0 atom stereocenters. The number of carboxylic acids is 1. The molecule has 0 aliphatic carbocycles. The number of para-hydroxylation sites is 1. The Morgan fingerprint density at radius 3 is 2.68 bits per heavy atom. The lowest BCUT2D eigenvalue weighted by atomic mass is 10.2. The number of nitrogens with zero attached hydrogens (tertiary/aromatic N) is 2. The average molecular weight is 301 g/mol. The van der Waals surface area contributed by atoms with Gasteiger partial charge >= 0.3 is 11.7 Å². The number of nitro groups is 1. The van der Waals surface area contributed by atoms with E-state index in [0.717, 1.165) is 6.07 Å². The van der Waals surface area contributed by atoms with Crippen molar-refractivity contribution in [3.05, 3.63) is 63.7 Å². The van der Waals surface area contributed by atoms with E-state index < -0.39 is 22.3 Å². The van der Waals surface area contributed by atoms with Gasteiger partial charge < -0.3 is 10.2 Å².